The van der Waals surface area contributed by atoms with Crippen LogP contribution in [-0.2, 0) is 21.1 Å². The molecule has 0 atom stereocenters. The zero-order valence-corrected chi connectivity index (χ0v) is 65.6. The second-order valence-corrected chi connectivity index (χ2v) is 16.6. The molecule has 0 unspecified atom stereocenters. The normalized spacial score (nSPS) is 7.68. The minimum absolute atomic E-state index is 0.623. The van der Waals surface area contributed by atoms with E-state index in [-0.39, 0.29) is 0 Å². The van der Waals surface area contributed by atoms with Gasteiger partial charge in [-0.3, -0.25) is 40.0 Å². The van der Waals surface area contributed by atoms with Crippen LogP contribution in [0.4, 0.5) is 0 Å². The van der Waals surface area contributed by atoms with Gasteiger partial charge in [0.1, 0.15) is 71.8 Å². The van der Waals surface area contributed by atoms with Crippen LogP contribution < -0.4 is 0 Å². The summed E-state index contributed by atoms with van der Waals surface area (Å²) in [5.41, 5.74) is 3.39. The van der Waals surface area contributed by atoms with Crippen LogP contribution in [0, 0.1) is 76.2 Å². The van der Waals surface area contributed by atoms with Gasteiger partial charge in [-0.25, -0.2) is 24.3 Å². The number of hydrogen-bond acceptors (Lipinski definition) is 22. The molecule has 0 aliphatic carbocycles. The number of nitrogens with one attached hydrogen (secondary N) is 6. The van der Waals surface area contributed by atoms with E-state index in [0.29, 0.717) is 11.8 Å². The molecule has 12 aromatic heterocycles. The molecule has 0 bridgehead atoms. The van der Waals surface area contributed by atoms with E-state index in [0.717, 1.165) is 38.9 Å². The lowest BCUT2D eigenvalue weighted by atomic mass is 10.4. The number of rotatable bonds is 0. The molecule has 0 aliphatic heterocycles. The lowest BCUT2D eigenvalue weighted by Gasteiger charge is -1.77. The van der Waals surface area contributed by atoms with Gasteiger partial charge in [0, 0.05) is 88.4 Å². The molecule has 12 heterocycles. The summed E-state index contributed by atoms with van der Waals surface area (Å²) in [6, 6.07) is 7.71. The highest BCUT2D eigenvalue weighted by atomic mass is 32.1. The van der Waals surface area contributed by atoms with Crippen LogP contribution in [0.2, 0.25) is 0 Å². The Labute approximate surface area is 573 Å². The third-order valence-electron chi connectivity index (χ3n) is 7.05. The molecule has 0 amide bonds. The molecule has 0 aromatic carbocycles. The van der Waals surface area contributed by atoms with E-state index < -0.39 is 0 Å². The molecule has 0 aliphatic rings. The highest BCUT2D eigenvalue weighted by Gasteiger charge is 1.90. The Morgan fingerprint density at radius 2 is 0.830 bits per heavy atom. The molecule has 0 saturated carbocycles. The van der Waals surface area contributed by atoms with Crippen LogP contribution in [0.1, 0.15) is 200 Å². The van der Waals surface area contributed by atoms with Gasteiger partial charge < -0.3 is 8.98 Å². The lowest BCUT2D eigenvalue weighted by Crippen LogP contribution is -1.83. The average molecular weight is 1360 g/mol. The van der Waals surface area contributed by atoms with Crippen LogP contribution >= 0.6 is 22.9 Å². The summed E-state index contributed by atoms with van der Waals surface area (Å²) in [4.78, 5) is 16.2. The van der Waals surface area contributed by atoms with Crippen LogP contribution in [0.5, 0.6) is 0 Å². The van der Waals surface area contributed by atoms with Gasteiger partial charge in [-0.2, -0.15) is 40.8 Å². The Balaban J connectivity index is -0.0000000999. The molecule has 12 rings (SSSR count). The number of aromatic nitrogens is 28. The summed E-state index contributed by atoms with van der Waals surface area (Å²) >= 11 is 3.15. The smallest absolute Gasteiger partial charge is 0.213 e. The first-order valence-electron chi connectivity index (χ1n) is 31.8. The maximum absolute atomic E-state index is 4.86. The molecule has 0 saturated heterocycles. The molecule has 31 heteroatoms. The van der Waals surface area contributed by atoms with Gasteiger partial charge in [0.25, 0.3) is 0 Å². The quantitative estimate of drug-likeness (QED) is 0.0821. The van der Waals surface area contributed by atoms with Crippen molar-refractivity contribution in [1.82, 2.24) is 140 Å². The third kappa shape index (κ3) is 89.3. The lowest BCUT2D eigenvalue weighted by molar-refractivity contribution is 0.489. The molecular formula is C63H126N28OS2. The first-order chi connectivity index (χ1) is 45.5. The van der Waals surface area contributed by atoms with Gasteiger partial charge in [-0.1, -0.05) is 138 Å². The van der Waals surface area contributed by atoms with Crippen molar-refractivity contribution in [3.05, 3.63) is 173 Å². The zero-order chi connectivity index (χ0) is 74.6. The van der Waals surface area contributed by atoms with Gasteiger partial charge in [-0.15, -0.1) is 41.9 Å². The van der Waals surface area contributed by atoms with Crippen LogP contribution in [0.3, 0.4) is 0 Å². The summed E-state index contributed by atoms with van der Waals surface area (Å²) < 4.78 is 13.9. The summed E-state index contributed by atoms with van der Waals surface area (Å²) in [7, 11) is 5.59. The van der Waals surface area contributed by atoms with Crippen LogP contribution in [0.25, 0.3) is 0 Å². The Kier molecular flexibility index (Phi) is 105. The van der Waals surface area contributed by atoms with Crippen LogP contribution in [-0.4, -0.2) is 140 Å². The summed E-state index contributed by atoms with van der Waals surface area (Å²) in [5.74, 6) is 3.81. The first kappa shape index (κ1) is 107. The predicted molar refractivity (Wildman–Crippen MR) is 392 cm³/mol. The topological polar surface area (TPSA) is 368 Å². The second kappa shape index (κ2) is 92.6. The van der Waals surface area contributed by atoms with Crippen molar-refractivity contribution in [3.8, 4) is 0 Å². The molecule has 94 heavy (non-hydrogen) atoms. The van der Waals surface area contributed by atoms with E-state index in [2.05, 4.69) is 126 Å². The van der Waals surface area contributed by atoms with Gasteiger partial charge in [0.05, 0.1) is 6.20 Å². The molecule has 12 aromatic rings. The second-order valence-electron chi connectivity index (χ2n) is 14.1. The Bertz CT molecular complexity index is 2260. The maximum Gasteiger partial charge on any atom is 0.213 e. The minimum Gasteiger partial charge on any atom is -0.426 e. The van der Waals surface area contributed by atoms with Crippen molar-refractivity contribution in [1.29, 1.82) is 0 Å². The highest BCUT2D eigenvalue weighted by Crippen LogP contribution is 2.04. The van der Waals surface area contributed by atoms with Gasteiger partial charge in [0.15, 0.2) is 0 Å². The molecule has 0 fully saturated rings. The van der Waals surface area contributed by atoms with Gasteiger partial charge in [0.2, 0.25) is 11.8 Å². The third-order valence-corrected chi connectivity index (χ3v) is 8.45. The Hall–Kier alpha value is -9.13. The minimum atomic E-state index is 0.623. The summed E-state index contributed by atoms with van der Waals surface area (Å²) in [5, 5.41) is 69.4. The predicted octanol–water partition coefficient (Wildman–Crippen LogP) is 16.1. The van der Waals surface area contributed by atoms with Crippen molar-refractivity contribution in [2.45, 2.75) is 215 Å². The van der Waals surface area contributed by atoms with Crippen LogP contribution in [0.15, 0.2) is 116 Å². The fourth-order valence-corrected chi connectivity index (χ4v) is 4.70. The standard InChI is InChI=1S/C4H6N2O.C4H6N2S.4C4H6N2.C4H5NS.5C3H5N3.10C2H6/c2*1-3-5-6-4(2)7-3;1-4-2-5-6-3-4;1-6-4-2-3-5-6;3*1-4-2-3-5-6-4;1-6-2-4-5-3-6;1-6-3-4-2-5-6;3*1-3-4-2-5-6-3;10*1-2/h2*1-2H3;2-3H,1H3,(H,5,6);2-4H,1H3;2*2-3H,1H3,(H,5,6);3*2-3H,1H3;3*2H,1H3,(H,4,5,6);10*1-2H3. The number of aromatic amines is 6. The molecular weight excluding hydrogens is 1230 g/mol. The van der Waals surface area contributed by atoms with Crippen molar-refractivity contribution in [3.63, 3.8) is 0 Å². The molecule has 29 nitrogen and oxygen atoms in total. The Morgan fingerprint density at radius 1 is 0.415 bits per heavy atom. The number of nitrogens with zero attached hydrogens (tertiary/aromatic N) is 22. The summed E-state index contributed by atoms with van der Waals surface area (Å²) in [6.45, 7) is 60.9. The highest BCUT2D eigenvalue weighted by molar-refractivity contribution is 7.11. The average Bonchev–Trinajstić information content (AvgIpc) is 4.01. The van der Waals surface area contributed by atoms with E-state index in [1.807, 2.05) is 259 Å². The zero-order valence-electron chi connectivity index (χ0n) is 64.0. The molecule has 0 radical (unpaired) electrons. The Morgan fingerprint density at radius 3 is 0.926 bits per heavy atom. The molecule has 536 valence electrons. The van der Waals surface area contributed by atoms with Crippen molar-refractivity contribution in [2.75, 3.05) is 0 Å². The van der Waals surface area contributed by atoms with Crippen molar-refractivity contribution < 1.29 is 4.42 Å². The van der Waals surface area contributed by atoms with E-state index >= 15 is 0 Å². The van der Waals surface area contributed by atoms with E-state index in [1.54, 1.807) is 89.1 Å². The number of H-pyrrole nitrogens is 6. The fraction of sp³-hybridized carbons (Fsp3) is 0.540. The van der Waals surface area contributed by atoms with Gasteiger partial charge in [-0.05, 0) is 104 Å². The fourth-order valence-electron chi connectivity index (χ4n) is 3.70. The van der Waals surface area contributed by atoms with E-state index in [9.17, 15) is 0 Å². The summed E-state index contributed by atoms with van der Waals surface area (Å²) in [6.07, 6.45) is 23.4. The molecule has 6 N–H and O–H groups in total. The number of aryl methyl sites for hydroxylation is 14. The maximum atomic E-state index is 4.86. The number of hydrogen-bond donors (Lipinski definition) is 6. The monoisotopic (exact) mass is 1360 g/mol. The van der Waals surface area contributed by atoms with Gasteiger partial charge >= 0.3 is 0 Å². The van der Waals surface area contributed by atoms with Crippen molar-refractivity contribution >= 4 is 22.9 Å². The largest absolute Gasteiger partial charge is 0.426 e. The first-order valence-corrected chi connectivity index (χ1v) is 33.4. The van der Waals surface area contributed by atoms with E-state index in [1.165, 1.54) is 47.3 Å². The SMILES string of the molecule is CC.CC.CC.CC.CC.CC.CC.CC.CC.CC.Cc1ccn[nH]1.Cc1ccn[nH]1.Cc1ccns1.Cc1cn[nH]c1.Cc1ncn[nH]1.Cc1ncn[nH]1.Cc1ncn[nH]1.Cc1nnc(C)o1.Cc1nnc(C)s1.Cn1cccn1.Cn1cncn1.Cn1cnnc1. The van der Waals surface area contributed by atoms with E-state index in [4.69, 9.17) is 4.42 Å². The molecule has 0 spiro atoms. The van der Waals surface area contributed by atoms with Crippen molar-refractivity contribution in [2.24, 2.45) is 21.1 Å².